The second-order valence-corrected chi connectivity index (χ2v) is 5.53. The van der Waals surface area contributed by atoms with E-state index in [0.717, 1.165) is 42.1 Å². The van der Waals surface area contributed by atoms with Gasteiger partial charge in [-0.3, -0.25) is 0 Å². The third-order valence-corrected chi connectivity index (χ3v) is 3.65. The molecule has 94 valence electrons. The lowest BCUT2D eigenvalue weighted by atomic mass is 9.92. The van der Waals surface area contributed by atoms with Crippen LogP contribution in [-0.4, -0.2) is 23.1 Å². The van der Waals surface area contributed by atoms with E-state index in [-0.39, 0.29) is 0 Å². The van der Waals surface area contributed by atoms with Crippen molar-refractivity contribution in [3.63, 3.8) is 0 Å². The van der Waals surface area contributed by atoms with Crippen molar-refractivity contribution >= 4 is 17.5 Å². The molecule has 17 heavy (non-hydrogen) atoms. The first-order valence-corrected chi connectivity index (χ1v) is 6.77. The minimum Gasteiger partial charge on any atom is -0.340 e. The molecule has 0 bridgehead atoms. The molecule has 1 aliphatic rings. The van der Waals surface area contributed by atoms with Crippen LogP contribution in [0.25, 0.3) is 0 Å². The summed E-state index contributed by atoms with van der Waals surface area (Å²) in [7, 11) is 0. The van der Waals surface area contributed by atoms with Gasteiger partial charge in [0.15, 0.2) is 0 Å². The SMILES string of the molecule is Cc1nc(N2CC(C)CC(C)C2)ncc1CCl. The summed E-state index contributed by atoms with van der Waals surface area (Å²) >= 11 is 5.82. The van der Waals surface area contributed by atoms with Gasteiger partial charge in [-0.1, -0.05) is 13.8 Å². The first-order valence-electron chi connectivity index (χ1n) is 6.23. The van der Waals surface area contributed by atoms with Crippen LogP contribution in [0.1, 0.15) is 31.5 Å². The summed E-state index contributed by atoms with van der Waals surface area (Å²) in [6.07, 6.45) is 3.16. The van der Waals surface area contributed by atoms with Crippen molar-refractivity contribution in [2.45, 2.75) is 33.1 Å². The highest BCUT2D eigenvalue weighted by molar-refractivity contribution is 6.17. The summed E-state index contributed by atoms with van der Waals surface area (Å²) < 4.78 is 0. The fraction of sp³-hybridized carbons (Fsp3) is 0.692. The van der Waals surface area contributed by atoms with Gasteiger partial charge in [-0.25, -0.2) is 9.97 Å². The average Bonchev–Trinajstić information content (AvgIpc) is 2.27. The summed E-state index contributed by atoms with van der Waals surface area (Å²) in [5.74, 6) is 2.78. The van der Waals surface area contributed by atoms with Crippen LogP contribution in [0.5, 0.6) is 0 Å². The highest BCUT2D eigenvalue weighted by Gasteiger charge is 2.23. The zero-order chi connectivity index (χ0) is 12.4. The third kappa shape index (κ3) is 2.89. The number of aryl methyl sites for hydroxylation is 1. The number of hydrogen-bond donors (Lipinski definition) is 0. The molecule has 0 saturated carbocycles. The minimum absolute atomic E-state index is 0.485. The van der Waals surface area contributed by atoms with E-state index in [9.17, 15) is 0 Å². The molecular formula is C13H20ClN3. The van der Waals surface area contributed by atoms with Gasteiger partial charge >= 0.3 is 0 Å². The molecule has 0 spiro atoms. The molecule has 0 N–H and O–H groups in total. The smallest absolute Gasteiger partial charge is 0.225 e. The van der Waals surface area contributed by atoms with Crippen LogP contribution in [-0.2, 0) is 5.88 Å². The molecule has 1 saturated heterocycles. The van der Waals surface area contributed by atoms with E-state index in [1.165, 1.54) is 6.42 Å². The van der Waals surface area contributed by atoms with Gasteiger partial charge in [-0.2, -0.15) is 0 Å². The largest absolute Gasteiger partial charge is 0.340 e. The maximum absolute atomic E-state index is 5.82. The summed E-state index contributed by atoms with van der Waals surface area (Å²) in [4.78, 5) is 11.3. The van der Waals surface area contributed by atoms with Gasteiger partial charge in [0.25, 0.3) is 0 Å². The zero-order valence-corrected chi connectivity index (χ0v) is 11.5. The van der Waals surface area contributed by atoms with Crippen LogP contribution >= 0.6 is 11.6 Å². The molecule has 2 heterocycles. The fourth-order valence-electron chi connectivity index (χ4n) is 2.59. The lowest BCUT2D eigenvalue weighted by Crippen LogP contribution is -2.39. The van der Waals surface area contributed by atoms with Crippen molar-refractivity contribution in [2.24, 2.45) is 11.8 Å². The Labute approximate surface area is 108 Å². The standard InChI is InChI=1S/C13H20ClN3/c1-9-4-10(2)8-17(7-9)13-15-6-12(5-14)11(3)16-13/h6,9-10H,4-5,7-8H2,1-3H3. The Morgan fingerprint density at radius 2 is 2.00 bits per heavy atom. The van der Waals surface area contributed by atoms with Crippen LogP contribution in [0, 0.1) is 18.8 Å². The zero-order valence-electron chi connectivity index (χ0n) is 10.8. The Kier molecular flexibility index (Phi) is 3.87. The molecule has 4 heteroatoms. The highest BCUT2D eigenvalue weighted by Crippen LogP contribution is 2.24. The summed E-state index contributed by atoms with van der Waals surface area (Å²) in [5, 5.41) is 0. The maximum Gasteiger partial charge on any atom is 0.225 e. The minimum atomic E-state index is 0.485. The number of halogens is 1. The second kappa shape index (κ2) is 5.21. The number of nitrogens with zero attached hydrogens (tertiary/aromatic N) is 3. The molecule has 0 aromatic carbocycles. The lowest BCUT2D eigenvalue weighted by Gasteiger charge is -2.35. The van der Waals surface area contributed by atoms with E-state index in [2.05, 4.69) is 28.7 Å². The Balaban J connectivity index is 2.19. The number of anilines is 1. The first-order chi connectivity index (χ1) is 8.10. The lowest BCUT2D eigenvalue weighted by molar-refractivity contribution is 0.353. The van der Waals surface area contributed by atoms with Crippen LogP contribution in [0.4, 0.5) is 5.95 Å². The molecule has 2 unspecified atom stereocenters. The first kappa shape index (κ1) is 12.6. The molecule has 3 nitrogen and oxygen atoms in total. The van der Waals surface area contributed by atoms with E-state index in [0.29, 0.717) is 5.88 Å². The monoisotopic (exact) mass is 253 g/mol. The molecule has 1 aromatic heterocycles. The Morgan fingerprint density at radius 3 is 2.53 bits per heavy atom. The van der Waals surface area contributed by atoms with E-state index >= 15 is 0 Å². The van der Waals surface area contributed by atoms with Crippen molar-refractivity contribution in [3.8, 4) is 0 Å². The summed E-state index contributed by atoms with van der Waals surface area (Å²) in [6, 6.07) is 0. The summed E-state index contributed by atoms with van der Waals surface area (Å²) in [6.45, 7) is 8.71. The van der Waals surface area contributed by atoms with E-state index in [4.69, 9.17) is 11.6 Å². The Morgan fingerprint density at radius 1 is 1.35 bits per heavy atom. The molecule has 2 atom stereocenters. The van der Waals surface area contributed by atoms with Gasteiger partial charge < -0.3 is 4.90 Å². The molecule has 1 aromatic rings. The molecule has 0 radical (unpaired) electrons. The summed E-state index contributed by atoms with van der Waals surface area (Å²) in [5.41, 5.74) is 2.02. The van der Waals surface area contributed by atoms with Crippen LogP contribution in [0.3, 0.4) is 0 Å². The van der Waals surface area contributed by atoms with E-state index in [1.807, 2.05) is 13.1 Å². The molecule has 1 fully saturated rings. The van der Waals surface area contributed by atoms with Crippen molar-refractivity contribution in [1.29, 1.82) is 0 Å². The number of alkyl halides is 1. The fourth-order valence-corrected chi connectivity index (χ4v) is 2.85. The van der Waals surface area contributed by atoms with Gasteiger partial charge in [0.2, 0.25) is 5.95 Å². The predicted octanol–water partition coefficient (Wildman–Crippen LogP) is 3.01. The predicted molar refractivity (Wildman–Crippen MR) is 71.5 cm³/mol. The van der Waals surface area contributed by atoms with E-state index < -0.39 is 0 Å². The topological polar surface area (TPSA) is 29.0 Å². The van der Waals surface area contributed by atoms with Crippen LogP contribution in [0.15, 0.2) is 6.20 Å². The van der Waals surface area contributed by atoms with Crippen molar-refractivity contribution in [1.82, 2.24) is 9.97 Å². The number of hydrogen-bond acceptors (Lipinski definition) is 3. The van der Waals surface area contributed by atoms with Gasteiger partial charge in [-0.15, -0.1) is 11.6 Å². The number of rotatable bonds is 2. The van der Waals surface area contributed by atoms with Crippen molar-refractivity contribution in [2.75, 3.05) is 18.0 Å². The van der Waals surface area contributed by atoms with Gasteiger partial charge in [-0.05, 0) is 25.2 Å². The third-order valence-electron chi connectivity index (χ3n) is 3.36. The van der Waals surface area contributed by atoms with Gasteiger partial charge in [0.05, 0.1) is 5.88 Å². The molecule has 1 aliphatic heterocycles. The Bertz CT molecular complexity index is 384. The van der Waals surface area contributed by atoms with Crippen LogP contribution in [0.2, 0.25) is 0 Å². The number of piperidine rings is 1. The molecule has 0 aliphatic carbocycles. The average molecular weight is 254 g/mol. The molecule has 0 amide bonds. The van der Waals surface area contributed by atoms with Gasteiger partial charge in [0.1, 0.15) is 0 Å². The van der Waals surface area contributed by atoms with Crippen LogP contribution < -0.4 is 4.90 Å². The molecular weight excluding hydrogens is 234 g/mol. The van der Waals surface area contributed by atoms with Crippen molar-refractivity contribution < 1.29 is 0 Å². The molecule has 2 rings (SSSR count). The Hall–Kier alpha value is -0.830. The second-order valence-electron chi connectivity index (χ2n) is 5.27. The number of aromatic nitrogens is 2. The van der Waals surface area contributed by atoms with E-state index in [1.54, 1.807) is 0 Å². The highest BCUT2D eigenvalue weighted by atomic mass is 35.5. The quantitative estimate of drug-likeness (QED) is 0.759. The van der Waals surface area contributed by atoms with Crippen molar-refractivity contribution in [3.05, 3.63) is 17.5 Å². The van der Waals surface area contributed by atoms with Gasteiger partial charge in [0, 0.05) is 30.5 Å². The normalized spacial score (nSPS) is 25.1. The maximum atomic E-state index is 5.82.